The van der Waals surface area contributed by atoms with E-state index >= 15 is 0 Å². The summed E-state index contributed by atoms with van der Waals surface area (Å²) in [6.45, 7) is 3.61. The first-order valence-corrected chi connectivity index (χ1v) is 14.1. The number of carbonyl (C=O) groups excluding carboxylic acids is 3. The van der Waals surface area contributed by atoms with Crippen LogP contribution in [0.25, 0.3) is 0 Å². The molecule has 10 nitrogen and oxygen atoms in total. The number of carbonyl (C=O) groups is 3. The summed E-state index contributed by atoms with van der Waals surface area (Å²) in [7, 11) is -5.98. The van der Waals surface area contributed by atoms with Crippen LogP contribution < -0.4 is 0 Å². The van der Waals surface area contributed by atoms with Gasteiger partial charge in [0.1, 0.15) is 5.25 Å². The SMILES string of the molecule is C=C(C(CC(C/C=C/C(=O)OC)(C(=O)OC)C(=O)OC)S(=O)(=O)c1ccccc1)S(=O)(=O)c1ccccc1. The van der Waals surface area contributed by atoms with E-state index in [4.69, 9.17) is 9.47 Å². The number of rotatable bonds is 12. The molecule has 2 rings (SSSR count). The summed E-state index contributed by atoms with van der Waals surface area (Å²) in [5, 5.41) is -2.00. The molecule has 0 bridgehead atoms. The van der Waals surface area contributed by atoms with E-state index in [1.54, 1.807) is 12.1 Å². The van der Waals surface area contributed by atoms with Gasteiger partial charge in [-0.15, -0.1) is 0 Å². The number of sulfone groups is 2. The lowest BCUT2D eigenvalue weighted by Gasteiger charge is -2.31. The smallest absolute Gasteiger partial charge is 0.330 e. The standard InChI is InChI=1S/C26H28O10S2/c1-19(37(30,31)20-12-7-5-8-13-20)22(38(32,33)21-14-9-6-10-15-21)18-26(24(28)35-3,25(29)36-4)17-11-16-23(27)34-2/h5-16,22H,1,17-18H2,2-4H3/b16-11+. The van der Waals surface area contributed by atoms with E-state index in [0.717, 1.165) is 33.5 Å². The zero-order valence-corrected chi connectivity index (χ0v) is 22.7. The molecule has 12 heteroatoms. The van der Waals surface area contributed by atoms with E-state index in [-0.39, 0.29) is 9.79 Å². The summed E-state index contributed by atoms with van der Waals surface area (Å²) in [6.07, 6.45) is 0.554. The Balaban J connectivity index is 2.81. The molecule has 38 heavy (non-hydrogen) atoms. The summed E-state index contributed by atoms with van der Waals surface area (Å²) >= 11 is 0. The Morgan fingerprint density at radius 1 is 0.816 bits per heavy atom. The number of methoxy groups -OCH3 is 3. The normalized spacial score (nSPS) is 12.9. The molecule has 0 saturated heterocycles. The van der Waals surface area contributed by atoms with Gasteiger partial charge in [0.25, 0.3) is 0 Å². The van der Waals surface area contributed by atoms with E-state index in [9.17, 15) is 31.2 Å². The van der Waals surface area contributed by atoms with Crippen LogP contribution in [-0.2, 0) is 48.3 Å². The second-order valence-electron chi connectivity index (χ2n) is 8.03. The van der Waals surface area contributed by atoms with Gasteiger partial charge < -0.3 is 14.2 Å². The van der Waals surface area contributed by atoms with Crippen molar-refractivity contribution in [2.24, 2.45) is 5.41 Å². The predicted octanol–water partition coefficient (Wildman–Crippen LogP) is 2.66. The number of esters is 3. The molecule has 0 aliphatic carbocycles. The van der Waals surface area contributed by atoms with Crippen molar-refractivity contribution in [2.75, 3.05) is 21.3 Å². The Labute approximate surface area is 221 Å². The first kappa shape index (κ1) is 30.5. The Kier molecular flexibility index (Phi) is 10.1. The molecule has 0 heterocycles. The lowest BCUT2D eigenvalue weighted by atomic mass is 9.79. The maximum Gasteiger partial charge on any atom is 0.330 e. The first-order valence-electron chi connectivity index (χ1n) is 11.1. The maximum atomic E-state index is 13.9. The zero-order valence-electron chi connectivity index (χ0n) is 21.0. The van der Waals surface area contributed by atoms with Gasteiger partial charge in [-0.3, -0.25) is 9.59 Å². The van der Waals surface area contributed by atoms with Gasteiger partial charge >= 0.3 is 17.9 Å². The molecular weight excluding hydrogens is 536 g/mol. The number of allylic oxidation sites excluding steroid dienone is 1. The van der Waals surface area contributed by atoms with Crippen LogP contribution in [0.4, 0.5) is 0 Å². The number of benzene rings is 2. The minimum absolute atomic E-state index is 0.231. The van der Waals surface area contributed by atoms with E-state index in [1.165, 1.54) is 48.5 Å². The Morgan fingerprint density at radius 2 is 1.29 bits per heavy atom. The van der Waals surface area contributed by atoms with Gasteiger partial charge in [0.2, 0.25) is 9.84 Å². The first-order chi connectivity index (χ1) is 17.9. The maximum absolute atomic E-state index is 13.9. The average molecular weight is 565 g/mol. The summed E-state index contributed by atoms with van der Waals surface area (Å²) in [6, 6.07) is 13.9. The quantitative estimate of drug-likeness (QED) is 0.163. The average Bonchev–Trinajstić information content (AvgIpc) is 2.94. The molecule has 0 radical (unpaired) electrons. The molecule has 0 N–H and O–H groups in total. The molecule has 0 aromatic heterocycles. The third-order valence-electron chi connectivity index (χ3n) is 5.81. The largest absolute Gasteiger partial charge is 0.468 e. The van der Waals surface area contributed by atoms with E-state index in [1.807, 2.05) is 0 Å². The van der Waals surface area contributed by atoms with Crippen molar-refractivity contribution in [3.05, 3.63) is 84.3 Å². The van der Waals surface area contributed by atoms with Crippen LogP contribution in [0.3, 0.4) is 0 Å². The summed E-state index contributed by atoms with van der Waals surface area (Å²) < 4.78 is 68.9. The second kappa shape index (κ2) is 12.7. The van der Waals surface area contributed by atoms with Gasteiger partial charge in [0.15, 0.2) is 15.3 Å². The van der Waals surface area contributed by atoms with Crippen molar-refractivity contribution in [3.63, 3.8) is 0 Å². The molecule has 0 fully saturated rings. The molecule has 0 spiro atoms. The Hall–Kier alpha value is -3.77. The van der Waals surface area contributed by atoms with E-state index < -0.39 is 66.0 Å². The molecule has 2 aromatic carbocycles. The van der Waals surface area contributed by atoms with Crippen LogP contribution in [0.2, 0.25) is 0 Å². The van der Waals surface area contributed by atoms with Gasteiger partial charge in [-0.2, -0.15) is 0 Å². The fourth-order valence-electron chi connectivity index (χ4n) is 3.73. The van der Waals surface area contributed by atoms with Crippen molar-refractivity contribution in [2.45, 2.75) is 27.9 Å². The highest BCUT2D eigenvalue weighted by Gasteiger charge is 2.53. The van der Waals surface area contributed by atoms with Crippen molar-refractivity contribution >= 4 is 37.6 Å². The summed E-state index contributed by atoms with van der Waals surface area (Å²) in [5.41, 5.74) is -2.37. The van der Waals surface area contributed by atoms with Crippen molar-refractivity contribution < 1.29 is 45.4 Å². The summed E-state index contributed by atoms with van der Waals surface area (Å²) in [5.74, 6) is -3.20. The number of hydrogen-bond donors (Lipinski definition) is 0. The molecule has 0 aliphatic heterocycles. The third kappa shape index (κ3) is 6.37. The van der Waals surface area contributed by atoms with E-state index in [2.05, 4.69) is 11.3 Å². The second-order valence-corrected chi connectivity index (χ2v) is 12.2. The predicted molar refractivity (Wildman–Crippen MR) is 137 cm³/mol. The fourth-order valence-corrected chi connectivity index (χ4v) is 7.45. The molecule has 1 atom stereocenters. The lowest BCUT2D eigenvalue weighted by molar-refractivity contribution is -0.169. The monoisotopic (exact) mass is 564 g/mol. The van der Waals surface area contributed by atoms with Crippen LogP contribution >= 0.6 is 0 Å². The highest BCUT2D eigenvalue weighted by atomic mass is 32.2. The highest BCUT2D eigenvalue weighted by Crippen LogP contribution is 2.40. The van der Waals surface area contributed by atoms with Crippen LogP contribution in [0.1, 0.15) is 12.8 Å². The van der Waals surface area contributed by atoms with Gasteiger partial charge in [-0.05, 0) is 37.1 Å². The Bertz CT molecular complexity index is 1390. The number of ether oxygens (including phenoxy) is 3. The van der Waals surface area contributed by atoms with Gasteiger partial charge in [0.05, 0.1) is 36.0 Å². The molecule has 0 saturated carbocycles. The minimum Gasteiger partial charge on any atom is -0.468 e. The highest BCUT2D eigenvalue weighted by molar-refractivity contribution is 7.98. The zero-order chi connectivity index (χ0) is 28.6. The lowest BCUT2D eigenvalue weighted by Crippen LogP contribution is -2.46. The van der Waals surface area contributed by atoms with Crippen molar-refractivity contribution in [1.82, 2.24) is 0 Å². The number of hydrogen-bond acceptors (Lipinski definition) is 10. The van der Waals surface area contributed by atoms with Crippen LogP contribution in [0.15, 0.2) is 94.1 Å². The minimum atomic E-state index is -4.56. The molecule has 2 aromatic rings. The van der Waals surface area contributed by atoms with Crippen LogP contribution in [0.5, 0.6) is 0 Å². The molecule has 0 aliphatic rings. The van der Waals surface area contributed by atoms with E-state index in [0.29, 0.717) is 0 Å². The molecule has 0 amide bonds. The van der Waals surface area contributed by atoms with Crippen molar-refractivity contribution in [3.8, 4) is 0 Å². The topological polar surface area (TPSA) is 147 Å². The Morgan fingerprint density at radius 3 is 1.74 bits per heavy atom. The molecular formula is C26H28O10S2. The molecule has 204 valence electrons. The summed E-state index contributed by atoms with van der Waals surface area (Å²) in [4.78, 5) is 36.5. The van der Waals surface area contributed by atoms with Gasteiger partial charge in [0, 0.05) is 6.08 Å². The van der Waals surface area contributed by atoms with Crippen LogP contribution in [-0.4, -0.2) is 61.3 Å². The fraction of sp³-hybridized carbons (Fsp3) is 0.269. The van der Waals surface area contributed by atoms with Crippen molar-refractivity contribution in [1.29, 1.82) is 0 Å². The molecule has 1 unspecified atom stereocenters. The van der Waals surface area contributed by atoms with Gasteiger partial charge in [-0.25, -0.2) is 21.6 Å². The third-order valence-corrected chi connectivity index (χ3v) is 9.96. The van der Waals surface area contributed by atoms with Crippen LogP contribution in [0, 0.1) is 5.41 Å². The van der Waals surface area contributed by atoms with Gasteiger partial charge in [-0.1, -0.05) is 49.1 Å².